The first-order chi connectivity index (χ1) is 10.2. The number of fused-ring (bicyclic) bond motifs is 1. The van der Waals surface area contributed by atoms with E-state index in [0.29, 0.717) is 11.1 Å². The molecule has 3 aromatic rings. The molecule has 1 aromatic carbocycles. The molecule has 0 bridgehead atoms. The summed E-state index contributed by atoms with van der Waals surface area (Å²) < 4.78 is 1.58. The number of Topliss-reactive ketones (excluding diaryl/α,β-unsaturated/α-hetero) is 1. The first-order valence-corrected chi connectivity index (χ1v) is 6.49. The second kappa shape index (κ2) is 5.17. The smallest absolute Gasteiger partial charge is 0.188 e. The van der Waals surface area contributed by atoms with Crippen molar-refractivity contribution in [1.82, 2.24) is 14.6 Å². The highest BCUT2D eigenvalue weighted by molar-refractivity contribution is 6.07. The van der Waals surface area contributed by atoms with Gasteiger partial charge in [-0.15, -0.1) is 0 Å². The van der Waals surface area contributed by atoms with Crippen LogP contribution in [0.15, 0.2) is 49.1 Å². The minimum Gasteiger partial charge on any atom is -0.292 e. The average molecular weight is 276 g/mol. The van der Waals surface area contributed by atoms with Crippen molar-refractivity contribution in [3.63, 3.8) is 0 Å². The van der Waals surface area contributed by atoms with E-state index in [4.69, 9.17) is 0 Å². The van der Waals surface area contributed by atoms with Crippen LogP contribution in [0, 0.1) is 18.3 Å². The number of rotatable bonds is 3. The number of ketones is 1. The molecule has 0 saturated carbocycles. The van der Waals surface area contributed by atoms with E-state index in [-0.39, 0.29) is 5.78 Å². The van der Waals surface area contributed by atoms with Gasteiger partial charge in [-0.2, -0.15) is 10.4 Å². The monoisotopic (exact) mass is 276 g/mol. The molecule has 21 heavy (non-hydrogen) atoms. The van der Waals surface area contributed by atoms with E-state index in [1.807, 2.05) is 31.2 Å². The predicted molar refractivity (Wildman–Crippen MR) is 76.9 cm³/mol. The number of aryl methyl sites for hydroxylation is 1. The van der Waals surface area contributed by atoms with Crippen molar-refractivity contribution in [3.8, 4) is 6.07 Å². The standard InChI is InChI=1S/C16H12N4O/c1-11-4-2-3-5-12(11)13(8-17)16(21)14-9-19-20-7-6-18-10-15(14)20/h2-7,9-10,13H,1H3. The van der Waals surface area contributed by atoms with Crippen LogP contribution in [0.25, 0.3) is 5.52 Å². The Kier molecular flexibility index (Phi) is 3.20. The Hall–Kier alpha value is -3.00. The molecule has 0 aliphatic rings. The molecule has 0 aliphatic carbocycles. The number of nitrogens with zero attached hydrogens (tertiary/aromatic N) is 4. The highest BCUT2D eigenvalue weighted by atomic mass is 16.1. The molecule has 0 radical (unpaired) electrons. The summed E-state index contributed by atoms with van der Waals surface area (Å²) in [5.41, 5.74) is 2.68. The third-order valence-corrected chi connectivity index (χ3v) is 3.48. The largest absolute Gasteiger partial charge is 0.292 e. The number of hydrogen-bond acceptors (Lipinski definition) is 4. The van der Waals surface area contributed by atoms with Crippen LogP contribution in [-0.2, 0) is 0 Å². The fourth-order valence-corrected chi connectivity index (χ4v) is 2.36. The molecule has 1 unspecified atom stereocenters. The Balaban J connectivity index is 2.08. The lowest BCUT2D eigenvalue weighted by molar-refractivity contribution is 0.0980. The van der Waals surface area contributed by atoms with Crippen LogP contribution in [0.3, 0.4) is 0 Å². The van der Waals surface area contributed by atoms with Gasteiger partial charge in [0.2, 0.25) is 0 Å². The van der Waals surface area contributed by atoms with Crippen molar-refractivity contribution in [2.75, 3.05) is 0 Å². The maximum Gasteiger partial charge on any atom is 0.188 e. The molecule has 5 heteroatoms. The van der Waals surface area contributed by atoms with Gasteiger partial charge in [0.15, 0.2) is 5.78 Å². The van der Waals surface area contributed by atoms with Gasteiger partial charge in [0.1, 0.15) is 5.92 Å². The Morgan fingerprint density at radius 2 is 2.14 bits per heavy atom. The normalized spacial score (nSPS) is 12.0. The molecular formula is C16H12N4O. The second-order valence-corrected chi connectivity index (χ2v) is 4.75. The molecule has 2 heterocycles. The van der Waals surface area contributed by atoms with Gasteiger partial charge in [-0.3, -0.25) is 9.78 Å². The minimum absolute atomic E-state index is 0.255. The van der Waals surface area contributed by atoms with Crippen LogP contribution in [0.5, 0.6) is 0 Å². The molecule has 5 nitrogen and oxygen atoms in total. The summed E-state index contributed by atoms with van der Waals surface area (Å²) in [6, 6.07) is 9.53. The Labute approximate surface area is 121 Å². The van der Waals surface area contributed by atoms with Crippen molar-refractivity contribution in [3.05, 3.63) is 65.7 Å². The third-order valence-electron chi connectivity index (χ3n) is 3.48. The van der Waals surface area contributed by atoms with Crippen molar-refractivity contribution < 1.29 is 4.79 Å². The summed E-state index contributed by atoms with van der Waals surface area (Å²) in [6.45, 7) is 1.89. The fraction of sp³-hybridized carbons (Fsp3) is 0.125. The van der Waals surface area contributed by atoms with Gasteiger partial charge in [0, 0.05) is 12.4 Å². The molecule has 0 amide bonds. The quantitative estimate of drug-likeness (QED) is 0.689. The highest BCUT2D eigenvalue weighted by Crippen LogP contribution is 2.25. The van der Waals surface area contributed by atoms with Crippen molar-refractivity contribution in [1.29, 1.82) is 5.26 Å². The molecule has 2 aromatic heterocycles. The average Bonchev–Trinajstić information content (AvgIpc) is 2.93. The summed E-state index contributed by atoms with van der Waals surface area (Å²) in [6.07, 6.45) is 6.33. The van der Waals surface area contributed by atoms with E-state index in [1.165, 1.54) is 6.20 Å². The zero-order valence-electron chi connectivity index (χ0n) is 11.4. The van der Waals surface area contributed by atoms with Crippen LogP contribution in [-0.4, -0.2) is 20.4 Å². The van der Waals surface area contributed by atoms with Crippen LogP contribution >= 0.6 is 0 Å². The lowest BCUT2D eigenvalue weighted by Crippen LogP contribution is -2.12. The summed E-state index contributed by atoms with van der Waals surface area (Å²) in [7, 11) is 0. The van der Waals surface area contributed by atoms with Crippen LogP contribution in [0.1, 0.15) is 27.4 Å². The number of carbonyl (C=O) groups excluding carboxylic acids is 1. The molecule has 3 rings (SSSR count). The Bertz CT molecular complexity index is 860. The SMILES string of the molecule is Cc1ccccc1C(C#N)C(=O)c1cnn2ccncc12. The molecule has 0 N–H and O–H groups in total. The van der Waals surface area contributed by atoms with Crippen LogP contribution in [0.2, 0.25) is 0 Å². The molecule has 0 fully saturated rings. The Morgan fingerprint density at radius 1 is 1.33 bits per heavy atom. The second-order valence-electron chi connectivity index (χ2n) is 4.75. The van der Waals surface area contributed by atoms with E-state index >= 15 is 0 Å². The molecule has 0 saturated heterocycles. The molecule has 1 atom stereocenters. The van der Waals surface area contributed by atoms with Crippen molar-refractivity contribution >= 4 is 11.3 Å². The molecule has 0 spiro atoms. The van der Waals surface area contributed by atoms with Gasteiger partial charge in [0.25, 0.3) is 0 Å². The highest BCUT2D eigenvalue weighted by Gasteiger charge is 2.25. The predicted octanol–water partition coefficient (Wildman–Crippen LogP) is 2.53. The van der Waals surface area contributed by atoms with Gasteiger partial charge < -0.3 is 0 Å². The zero-order valence-corrected chi connectivity index (χ0v) is 11.4. The third kappa shape index (κ3) is 2.17. The van der Waals surface area contributed by atoms with Crippen molar-refractivity contribution in [2.24, 2.45) is 0 Å². The molecule has 0 aliphatic heterocycles. The summed E-state index contributed by atoms with van der Waals surface area (Å²) in [4.78, 5) is 16.7. The van der Waals surface area contributed by atoms with Gasteiger partial charge in [0.05, 0.1) is 29.5 Å². The molecule has 102 valence electrons. The van der Waals surface area contributed by atoms with Gasteiger partial charge in [-0.05, 0) is 18.1 Å². The molecular weight excluding hydrogens is 264 g/mol. The topological polar surface area (TPSA) is 71.0 Å². The van der Waals surface area contributed by atoms with E-state index in [1.54, 1.807) is 23.1 Å². The Morgan fingerprint density at radius 3 is 2.90 bits per heavy atom. The minimum atomic E-state index is -0.834. The number of carbonyl (C=O) groups is 1. The summed E-state index contributed by atoms with van der Waals surface area (Å²) in [5, 5.41) is 13.6. The van der Waals surface area contributed by atoms with E-state index in [2.05, 4.69) is 16.2 Å². The maximum absolute atomic E-state index is 12.7. The number of nitriles is 1. The van der Waals surface area contributed by atoms with E-state index in [0.717, 1.165) is 11.1 Å². The van der Waals surface area contributed by atoms with E-state index in [9.17, 15) is 10.1 Å². The number of benzene rings is 1. The number of hydrogen-bond donors (Lipinski definition) is 0. The summed E-state index contributed by atoms with van der Waals surface area (Å²) in [5.74, 6) is -1.09. The van der Waals surface area contributed by atoms with Gasteiger partial charge in [-0.1, -0.05) is 24.3 Å². The van der Waals surface area contributed by atoms with E-state index < -0.39 is 5.92 Å². The lowest BCUT2D eigenvalue weighted by atomic mass is 9.90. The van der Waals surface area contributed by atoms with Crippen LogP contribution in [0.4, 0.5) is 0 Å². The summed E-state index contributed by atoms with van der Waals surface area (Å²) >= 11 is 0. The van der Waals surface area contributed by atoms with Gasteiger partial charge >= 0.3 is 0 Å². The maximum atomic E-state index is 12.7. The first-order valence-electron chi connectivity index (χ1n) is 6.49. The first kappa shape index (κ1) is 13.0. The van der Waals surface area contributed by atoms with Crippen LogP contribution < -0.4 is 0 Å². The lowest BCUT2D eigenvalue weighted by Gasteiger charge is -2.10. The zero-order chi connectivity index (χ0) is 14.8. The number of aromatic nitrogens is 3. The van der Waals surface area contributed by atoms with Gasteiger partial charge in [-0.25, -0.2) is 4.52 Å². The fourth-order valence-electron chi connectivity index (χ4n) is 2.36. The van der Waals surface area contributed by atoms with Crippen molar-refractivity contribution in [2.45, 2.75) is 12.8 Å².